The lowest BCUT2D eigenvalue weighted by atomic mass is 10.2. The normalized spacial score (nSPS) is 14.1. The van der Waals surface area contributed by atoms with Crippen molar-refractivity contribution in [2.24, 2.45) is 0 Å². The summed E-state index contributed by atoms with van der Waals surface area (Å²) < 4.78 is 13.0. The van der Waals surface area contributed by atoms with Gasteiger partial charge in [-0.1, -0.05) is 12.8 Å². The smallest absolute Gasteiger partial charge is 0.314 e. The van der Waals surface area contributed by atoms with Crippen molar-refractivity contribution in [2.75, 3.05) is 20.6 Å². The van der Waals surface area contributed by atoms with Crippen LogP contribution in [0.4, 0.5) is 0 Å². The van der Waals surface area contributed by atoms with Gasteiger partial charge in [0.25, 0.3) is 0 Å². The predicted molar refractivity (Wildman–Crippen MR) is 97.7 cm³/mol. The van der Waals surface area contributed by atoms with Crippen molar-refractivity contribution < 1.29 is 8.23 Å². The van der Waals surface area contributed by atoms with Crippen LogP contribution in [0.3, 0.4) is 0 Å². The van der Waals surface area contributed by atoms with Crippen LogP contribution in [-0.4, -0.2) is 50.7 Å². The molecule has 0 N–H and O–H groups in total. The van der Waals surface area contributed by atoms with Crippen molar-refractivity contribution in [1.29, 1.82) is 0 Å². The Morgan fingerprint density at radius 3 is 1.50 bits per heavy atom. The predicted octanol–water partition coefficient (Wildman–Crippen LogP) is 4.49. The lowest BCUT2D eigenvalue weighted by molar-refractivity contribution is 0.372. The van der Waals surface area contributed by atoms with Crippen LogP contribution in [0.15, 0.2) is 0 Å². The third kappa shape index (κ3) is 12.3. The summed E-state index contributed by atoms with van der Waals surface area (Å²) in [6.07, 6.45) is 3.80. The fourth-order valence-electron chi connectivity index (χ4n) is 2.47. The first kappa shape index (κ1) is 20.5. The molecule has 0 saturated heterocycles. The second kappa shape index (κ2) is 8.24. The average molecular weight is 336 g/mol. The monoisotopic (exact) mass is 335 g/mol. The summed E-state index contributed by atoms with van der Waals surface area (Å²) in [6, 6.07) is 1.15. The molecular weight excluding hydrogens is 298 g/mol. The molecule has 0 aliphatic heterocycles. The first-order chi connectivity index (χ1) is 8.83. The van der Waals surface area contributed by atoms with Gasteiger partial charge in [-0.05, 0) is 78.9 Å². The second-order valence-electron chi connectivity index (χ2n) is 8.18. The van der Waals surface area contributed by atoms with Gasteiger partial charge in [-0.2, -0.15) is 0 Å². The number of unbranched alkanes of at least 4 members (excludes halogenated alkanes) is 2. The maximum absolute atomic E-state index is 6.51. The summed E-state index contributed by atoms with van der Waals surface area (Å²) in [6.45, 7) is 17.1. The van der Waals surface area contributed by atoms with E-state index in [1.807, 2.05) is 0 Å². The highest BCUT2D eigenvalue weighted by Gasteiger charge is 2.39. The number of hydrogen-bond donors (Lipinski definition) is 0. The molecule has 0 saturated carbocycles. The van der Waals surface area contributed by atoms with Gasteiger partial charge in [0.1, 0.15) is 0 Å². The molecule has 0 fully saturated rings. The van der Waals surface area contributed by atoms with E-state index in [9.17, 15) is 0 Å². The van der Waals surface area contributed by atoms with Gasteiger partial charge >= 0.3 is 8.56 Å². The highest BCUT2D eigenvalue weighted by atomic mass is 28.5. The van der Waals surface area contributed by atoms with Crippen LogP contribution in [-0.2, 0) is 8.23 Å². The Bertz CT molecular complexity index is 257. The molecule has 0 amide bonds. The van der Waals surface area contributed by atoms with Gasteiger partial charge in [0.15, 0.2) is 16.6 Å². The molecular formula is C14H37NO2Si3. The van der Waals surface area contributed by atoms with Gasteiger partial charge in [0.05, 0.1) is 0 Å². The Kier molecular flexibility index (Phi) is 8.46. The molecule has 0 aromatic carbocycles. The minimum atomic E-state index is -1.99. The fraction of sp³-hybridized carbons (Fsp3) is 1.00. The molecule has 0 aromatic rings. The van der Waals surface area contributed by atoms with Gasteiger partial charge in [-0.25, -0.2) is 0 Å². The van der Waals surface area contributed by atoms with E-state index in [0.717, 1.165) is 6.04 Å². The summed E-state index contributed by atoms with van der Waals surface area (Å²) in [5.74, 6) is 0. The Morgan fingerprint density at radius 2 is 1.15 bits per heavy atom. The molecule has 0 unspecified atom stereocenters. The first-order valence-electron chi connectivity index (χ1n) is 7.88. The van der Waals surface area contributed by atoms with E-state index in [-0.39, 0.29) is 0 Å². The van der Waals surface area contributed by atoms with Crippen molar-refractivity contribution in [3.05, 3.63) is 0 Å². The number of rotatable bonds is 10. The molecule has 0 rings (SSSR count). The van der Waals surface area contributed by atoms with E-state index >= 15 is 0 Å². The number of hydrogen-bond acceptors (Lipinski definition) is 3. The van der Waals surface area contributed by atoms with E-state index < -0.39 is 25.2 Å². The third-order valence-corrected chi connectivity index (χ3v) is 12.4. The first-order valence-corrected chi connectivity index (χ1v) is 17.2. The molecule has 0 heterocycles. The van der Waals surface area contributed by atoms with Crippen LogP contribution >= 0.6 is 0 Å². The van der Waals surface area contributed by atoms with Gasteiger partial charge in [-0.15, -0.1) is 0 Å². The molecule has 3 nitrogen and oxygen atoms in total. The lowest BCUT2D eigenvalue weighted by Crippen LogP contribution is -2.52. The Hall–Kier alpha value is 0.531. The number of nitrogens with zero attached hydrogens (tertiary/aromatic N) is 1. The molecule has 0 atom stereocenters. The maximum Gasteiger partial charge on any atom is 0.314 e. The largest absolute Gasteiger partial charge is 0.437 e. The van der Waals surface area contributed by atoms with Crippen LogP contribution < -0.4 is 0 Å². The van der Waals surface area contributed by atoms with Crippen LogP contribution in [0.25, 0.3) is 0 Å². The van der Waals surface area contributed by atoms with Crippen LogP contribution in [0.2, 0.25) is 51.9 Å². The minimum Gasteiger partial charge on any atom is -0.437 e. The molecule has 6 heteroatoms. The van der Waals surface area contributed by atoms with Crippen molar-refractivity contribution >= 4 is 25.2 Å². The second-order valence-corrected chi connectivity index (χ2v) is 21.0. The molecule has 20 heavy (non-hydrogen) atoms. The molecule has 0 aliphatic carbocycles. The summed E-state index contributed by atoms with van der Waals surface area (Å²) >= 11 is 0. The topological polar surface area (TPSA) is 21.7 Å². The quantitative estimate of drug-likeness (QED) is 0.433. The Morgan fingerprint density at radius 1 is 0.700 bits per heavy atom. The zero-order valence-electron chi connectivity index (χ0n) is 15.3. The maximum atomic E-state index is 6.51. The zero-order valence-corrected chi connectivity index (χ0v) is 18.3. The highest BCUT2D eigenvalue weighted by Crippen LogP contribution is 2.26. The summed E-state index contributed by atoms with van der Waals surface area (Å²) in [5.41, 5.74) is 0. The van der Waals surface area contributed by atoms with Crippen LogP contribution in [0.5, 0.6) is 0 Å². The van der Waals surface area contributed by atoms with Gasteiger partial charge in [0, 0.05) is 0 Å². The molecule has 0 aromatic heterocycles. The molecule has 0 radical (unpaired) electrons. The molecule has 0 bridgehead atoms. The lowest BCUT2D eigenvalue weighted by Gasteiger charge is -2.38. The van der Waals surface area contributed by atoms with Crippen molar-refractivity contribution in [3.8, 4) is 0 Å². The van der Waals surface area contributed by atoms with E-state index in [2.05, 4.69) is 64.8 Å². The minimum absolute atomic E-state index is 1.15. The molecule has 0 aliphatic rings. The third-order valence-electron chi connectivity index (χ3n) is 2.78. The average Bonchev–Trinajstić information content (AvgIpc) is 2.09. The summed E-state index contributed by atoms with van der Waals surface area (Å²) in [4.78, 5) is 2.26. The molecule has 0 spiro atoms. The Balaban J connectivity index is 4.39. The summed E-state index contributed by atoms with van der Waals surface area (Å²) in [7, 11) is -0.763. The van der Waals surface area contributed by atoms with Crippen molar-refractivity contribution in [3.63, 3.8) is 0 Å². The van der Waals surface area contributed by atoms with Crippen molar-refractivity contribution in [1.82, 2.24) is 4.90 Å². The van der Waals surface area contributed by atoms with E-state index in [1.165, 1.54) is 25.8 Å². The van der Waals surface area contributed by atoms with E-state index in [1.54, 1.807) is 0 Å². The zero-order chi connectivity index (χ0) is 16.0. The molecule has 122 valence electrons. The SMILES string of the molecule is CN(C)CCCCC[Si](C)(O[Si](C)(C)C)O[Si](C)(C)C. The van der Waals surface area contributed by atoms with Gasteiger partial charge in [0.2, 0.25) is 0 Å². The van der Waals surface area contributed by atoms with Gasteiger partial charge < -0.3 is 13.1 Å². The van der Waals surface area contributed by atoms with E-state index in [0.29, 0.717) is 0 Å². The van der Waals surface area contributed by atoms with Crippen LogP contribution in [0, 0.1) is 0 Å². The van der Waals surface area contributed by atoms with Crippen molar-refractivity contribution in [2.45, 2.75) is 71.1 Å². The summed E-state index contributed by atoms with van der Waals surface area (Å²) in [5, 5.41) is 0. The Labute approximate surface area is 130 Å². The van der Waals surface area contributed by atoms with Crippen LogP contribution in [0.1, 0.15) is 19.3 Å². The fourth-order valence-corrected chi connectivity index (χ4v) is 15.1. The standard InChI is InChI=1S/C14H37NO2Si3/c1-15(2)13-11-10-12-14-20(9,16-18(3,4)5)17-19(6,7)8/h10-14H2,1-9H3. The highest BCUT2D eigenvalue weighted by molar-refractivity contribution is 6.87. The van der Waals surface area contributed by atoms with E-state index in [4.69, 9.17) is 8.23 Å². The van der Waals surface area contributed by atoms with Gasteiger partial charge in [-0.3, -0.25) is 0 Å².